The lowest BCUT2D eigenvalue weighted by Crippen LogP contribution is -2.50. The lowest BCUT2D eigenvalue weighted by molar-refractivity contribution is 0.0553. The molecule has 5 nitrogen and oxygen atoms in total. The summed E-state index contributed by atoms with van der Waals surface area (Å²) in [4.78, 5) is 16.6. The molecule has 4 fully saturated rings. The minimum atomic E-state index is -1.02. The van der Waals surface area contributed by atoms with Gasteiger partial charge in [-0.3, -0.25) is 4.21 Å². The van der Waals surface area contributed by atoms with E-state index >= 15 is 0 Å². The molecule has 0 aliphatic carbocycles. The van der Waals surface area contributed by atoms with Gasteiger partial charge < -0.3 is 19.6 Å². The molecule has 0 N–H and O–H groups in total. The van der Waals surface area contributed by atoms with Crippen LogP contribution in [0.25, 0.3) is 11.1 Å². The first-order chi connectivity index (χ1) is 24.0. The molecule has 4 aromatic rings. The maximum Gasteiger partial charge on any atom is 0.0565 e. The summed E-state index contributed by atoms with van der Waals surface area (Å²) in [5.41, 5.74) is 7.70. The van der Waals surface area contributed by atoms with Crippen LogP contribution in [0.2, 0.25) is 0 Å². The van der Waals surface area contributed by atoms with E-state index in [1.807, 2.05) is 29.6 Å². The van der Waals surface area contributed by atoms with Crippen molar-refractivity contribution in [1.29, 1.82) is 0 Å². The number of anilines is 4. The first kappa shape index (κ1) is 32.2. The van der Waals surface area contributed by atoms with E-state index in [9.17, 15) is 4.21 Å². The van der Waals surface area contributed by atoms with E-state index in [1.54, 1.807) is 6.26 Å². The molecule has 0 spiro atoms. The summed E-state index contributed by atoms with van der Waals surface area (Å²) >= 11 is 3.76. The van der Waals surface area contributed by atoms with Gasteiger partial charge in [0.15, 0.2) is 0 Å². The summed E-state index contributed by atoms with van der Waals surface area (Å²) in [6.45, 7) is 7.04. The highest BCUT2D eigenvalue weighted by Gasteiger charge is 2.37. The lowest BCUT2D eigenvalue weighted by atomic mass is 9.78. The molecule has 0 amide bonds. The highest BCUT2D eigenvalue weighted by molar-refractivity contribution is 8.00. The fourth-order valence-electron chi connectivity index (χ4n) is 8.98. The third-order valence-corrected chi connectivity index (χ3v) is 15.0. The molecular formula is C41H46N4OS3. The second kappa shape index (κ2) is 13.4. The van der Waals surface area contributed by atoms with Crippen molar-refractivity contribution in [3.05, 3.63) is 78.9 Å². The summed E-state index contributed by atoms with van der Waals surface area (Å²) in [5, 5.41) is 0. The molecule has 0 radical (unpaired) electrons. The Labute approximate surface area is 302 Å². The van der Waals surface area contributed by atoms with Gasteiger partial charge in [0, 0.05) is 67.2 Å². The Morgan fingerprint density at radius 1 is 0.714 bits per heavy atom. The molecule has 6 heterocycles. The second-order valence-corrected chi connectivity index (χ2v) is 18.2. The van der Waals surface area contributed by atoms with Gasteiger partial charge in [0.25, 0.3) is 0 Å². The topological polar surface area (TPSA) is 30.0 Å². The zero-order chi connectivity index (χ0) is 33.1. The molecule has 6 aliphatic heterocycles. The number of para-hydroxylation sites is 1. The van der Waals surface area contributed by atoms with E-state index < -0.39 is 10.8 Å². The van der Waals surface area contributed by atoms with Crippen LogP contribution in [0.4, 0.5) is 22.7 Å². The molecule has 0 saturated carbocycles. The van der Waals surface area contributed by atoms with Crippen molar-refractivity contribution in [2.45, 2.75) is 69.0 Å². The number of rotatable bonds is 7. The molecular weight excluding hydrogens is 661 g/mol. The van der Waals surface area contributed by atoms with Crippen LogP contribution in [-0.4, -0.2) is 72.6 Å². The monoisotopic (exact) mass is 706 g/mol. The molecule has 254 valence electrons. The van der Waals surface area contributed by atoms with Crippen molar-refractivity contribution in [2.24, 2.45) is 11.8 Å². The van der Waals surface area contributed by atoms with Crippen molar-refractivity contribution in [1.82, 2.24) is 9.80 Å². The summed E-state index contributed by atoms with van der Waals surface area (Å²) < 4.78 is 12.6. The van der Waals surface area contributed by atoms with Gasteiger partial charge in [0.05, 0.1) is 22.7 Å². The molecule has 2 bridgehead atoms. The highest BCUT2D eigenvalue weighted by Crippen LogP contribution is 2.52. The maximum atomic E-state index is 12.6. The molecule has 0 aromatic heterocycles. The molecule has 8 heteroatoms. The molecule has 3 unspecified atom stereocenters. The van der Waals surface area contributed by atoms with Crippen LogP contribution in [0.3, 0.4) is 0 Å². The van der Waals surface area contributed by atoms with Crippen LogP contribution < -0.4 is 9.80 Å². The summed E-state index contributed by atoms with van der Waals surface area (Å²) in [6.07, 6.45) is 9.51. The summed E-state index contributed by atoms with van der Waals surface area (Å²) in [6, 6.07) is 30.2. The van der Waals surface area contributed by atoms with E-state index in [2.05, 4.69) is 99.4 Å². The van der Waals surface area contributed by atoms with E-state index in [4.69, 9.17) is 0 Å². The molecule has 4 saturated heterocycles. The van der Waals surface area contributed by atoms with Gasteiger partial charge in [-0.25, -0.2) is 0 Å². The standard InChI is InChI=1S/C41H46N4OS3/c1-42-19-6-5-7-32(42)18-22-44-36-23-29(11-14-39(36)47-40-15-12-33(49(2)46)25-37(40)44)30-10-13-35-41(24-30)48-38-9-4-3-8-34(38)45(35)27-31-26-43-20-16-28(31)17-21-43/h3-4,8-15,23-25,28,31-32H,5-7,16-22,26-27H2,1-2H3. The predicted molar refractivity (Wildman–Crippen MR) is 207 cm³/mol. The first-order valence-corrected chi connectivity index (χ1v) is 21.4. The smallest absolute Gasteiger partial charge is 0.0565 e. The van der Waals surface area contributed by atoms with E-state index in [1.165, 1.54) is 112 Å². The zero-order valence-electron chi connectivity index (χ0n) is 28.6. The Balaban J connectivity index is 1.06. The molecule has 49 heavy (non-hydrogen) atoms. The Hall–Kier alpha value is -2.75. The zero-order valence-corrected chi connectivity index (χ0v) is 31.1. The Bertz CT molecular complexity index is 1910. The van der Waals surface area contributed by atoms with Crippen LogP contribution in [0.15, 0.2) is 103 Å². The van der Waals surface area contributed by atoms with Crippen molar-refractivity contribution in [3.63, 3.8) is 0 Å². The lowest BCUT2D eigenvalue weighted by Gasteiger charge is -2.47. The maximum absolute atomic E-state index is 12.6. The number of hydrogen-bond acceptors (Lipinski definition) is 7. The molecule has 10 rings (SSSR count). The molecule has 4 aromatic carbocycles. The number of benzene rings is 4. The Kier molecular flexibility index (Phi) is 8.81. The number of piperidine rings is 4. The van der Waals surface area contributed by atoms with Gasteiger partial charge >= 0.3 is 0 Å². The van der Waals surface area contributed by atoms with Crippen LogP contribution in [0.5, 0.6) is 0 Å². The number of likely N-dealkylation sites (tertiary alicyclic amines) is 1. The van der Waals surface area contributed by atoms with Crippen molar-refractivity contribution in [2.75, 3.05) is 62.4 Å². The van der Waals surface area contributed by atoms with E-state index in [0.717, 1.165) is 36.2 Å². The average Bonchev–Trinajstić information content (AvgIpc) is 3.13. The average molecular weight is 707 g/mol. The summed E-state index contributed by atoms with van der Waals surface area (Å²) in [5.74, 6) is 1.57. The van der Waals surface area contributed by atoms with Gasteiger partial charge in [-0.15, -0.1) is 0 Å². The van der Waals surface area contributed by atoms with Gasteiger partial charge in [-0.1, -0.05) is 54.2 Å². The van der Waals surface area contributed by atoms with Crippen molar-refractivity contribution >= 4 is 57.1 Å². The predicted octanol–water partition coefficient (Wildman–Crippen LogP) is 9.51. The van der Waals surface area contributed by atoms with Crippen LogP contribution in [0.1, 0.15) is 38.5 Å². The quantitative estimate of drug-likeness (QED) is 0.189. The van der Waals surface area contributed by atoms with Crippen molar-refractivity contribution in [3.8, 4) is 11.1 Å². The van der Waals surface area contributed by atoms with Gasteiger partial charge in [0.1, 0.15) is 0 Å². The SMILES string of the molecule is CN1CCCCC1CCN1c2cc(-c3ccc4c(c3)Sc3ccccc3N4CC3CN4CCC3CC4)ccc2Sc2ccc(S(C)=O)cc21. The molecule has 6 aliphatic rings. The van der Waals surface area contributed by atoms with Gasteiger partial charge in [-0.05, 0) is 136 Å². The number of hydrogen-bond donors (Lipinski definition) is 0. The fourth-order valence-corrected chi connectivity index (χ4v) is 11.7. The van der Waals surface area contributed by atoms with Crippen LogP contribution in [-0.2, 0) is 10.8 Å². The summed E-state index contributed by atoms with van der Waals surface area (Å²) in [7, 11) is 1.27. The second-order valence-electron chi connectivity index (χ2n) is 14.7. The Morgan fingerprint density at radius 2 is 1.43 bits per heavy atom. The number of fused-ring (bicyclic) bond motifs is 7. The third kappa shape index (κ3) is 6.16. The van der Waals surface area contributed by atoms with Gasteiger partial charge in [-0.2, -0.15) is 0 Å². The van der Waals surface area contributed by atoms with Crippen LogP contribution in [0, 0.1) is 11.8 Å². The Morgan fingerprint density at radius 3 is 2.22 bits per heavy atom. The van der Waals surface area contributed by atoms with E-state index in [-0.39, 0.29) is 0 Å². The minimum Gasteiger partial charge on any atom is -0.340 e. The fraction of sp³-hybridized carbons (Fsp3) is 0.415. The normalized spacial score (nSPS) is 24.9. The molecule has 3 atom stereocenters. The first-order valence-electron chi connectivity index (χ1n) is 18.2. The third-order valence-electron chi connectivity index (χ3n) is 11.8. The van der Waals surface area contributed by atoms with Crippen LogP contribution >= 0.6 is 23.5 Å². The number of nitrogens with zero attached hydrogens (tertiary/aromatic N) is 4. The minimum absolute atomic E-state index is 0.603. The van der Waals surface area contributed by atoms with Crippen molar-refractivity contribution < 1.29 is 4.21 Å². The highest BCUT2D eigenvalue weighted by atomic mass is 32.2. The van der Waals surface area contributed by atoms with E-state index in [0.29, 0.717) is 6.04 Å². The van der Waals surface area contributed by atoms with Gasteiger partial charge in [0.2, 0.25) is 0 Å². The largest absolute Gasteiger partial charge is 0.340 e.